The van der Waals surface area contributed by atoms with Gasteiger partial charge in [-0.3, -0.25) is 4.79 Å². The maximum absolute atomic E-state index is 12.7. The Labute approximate surface area is 159 Å². The predicted molar refractivity (Wildman–Crippen MR) is 106 cm³/mol. The number of ether oxygens (including phenoxy) is 2. The van der Waals surface area contributed by atoms with Crippen LogP contribution in [0.3, 0.4) is 0 Å². The van der Waals surface area contributed by atoms with Crippen LogP contribution < -0.4 is 19.6 Å². The fourth-order valence-electron chi connectivity index (χ4n) is 2.84. The Balaban J connectivity index is 1.78. The molecule has 0 aliphatic heterocycles. The van der Waals surface area contributed by atoms with E-state index in [0.29, 0.717) is 26.8 Å². The molecule has 0 saturated heterocycles. The van der Waals surface area contributed by atoms with Crippen molar-refractivity contribution in [2.75, 3.05) is 14.2 Å². The number of methoxy groups -OCH3 is 2. The van der Waals surface area contributed by atoms with Crippen LogP contribution in [-0.4, -0.2) is 28.8 Å². The van der Waals surface area contributed by atoms with Crippen LogP contribution in [0.15, 0.2) is 47.3 Å². The Morgan fingerprint density at radius 2 is 1.89 bits per heavy atom. The van der Waals surface area contributed by atoms with E-state index in [1.165, 1.54) is 15.9 Å². The normalized spacial score (nSPS) is 11.9. The zero-order valence-corrected chi connectivity index (χ0v) is 15.9. The minimum absolute atomic E-state index is 0.171. The second-order valence-electron chi connectivity index (χ2n) is 6.03. The Hall–Kier alpha value is -3.19. The van der Waals surface area contributed by atoms with E-state index in [9.17, 15) is 4.79 Å². The van der Waals surface area contributed by atoms with Crippen molar-refractivity contribution >= 4 is 22.4 Å². The first-order chi connectivity index (χ1) is 13.1. The summed E-state index contributed by atoms with van der Waals surface area (Å²) in [7, 11) is 3.16. The minimum Gasteiger partial charge on any atom is -0.493 e. The number of hydrogen-bond donors (Lipinski definition) is 0. The summed E-state index contributed by atoms with van der Waals surface area (Å²) in [4.78, 5) is 17.7. The van der Waals surface area contributed by atoms with Crippen molar-refractivity contribution in [3.05, 3.63) is 68.5 Å². The third-order valence-corrected chi connectivity index (χ3v) is 5.12. The average Bonchev–Trinajstić information content (AvgIpc) is 3.21. The molecule has 0 atom stereocenters. The van der Waals surface area contributed by atoms with Gasteiger partial charge in [-0.05, 0) is 36.8 Å². The Kier molecular flexibility index (Phi) is 4.37. The van der Waals surface area contributed by atoms with Crippen LogP contribution in [0.4, 0.5) is 0 Å². The van der Waals surface area contributed by atoms with Gasteiger partial charge in [0.25, 0.3) is 5.56 Å². The van der Waals surface area contributed by atoms with Gasteiger partial charge >= 0.3 is 0 Å². The summed E-state index contributed by atoms with van der Waals surface area (Å²) in [5, 5.41) is 4.38. The first-order valence-electron chi connectivity index (χ1n) is 8.29. The molecule has 6 nitrogen and oxygen atoms in total. The fraction of sp³-hybridized carbons (Fsp3) is 0.150. The third kappa shape index (κ3) is 3.17. The quantitative estimate of drug-likeness (QED) is 0.545. The molecule has 4 rings (SSSR count). The van der Waals surface area contributed by atoms with Crippen LogP contribution in [0, 0.1) is 6.92 Å². The topological polar surface area (TPSA) is 65.7 Å². The van der Waals surface area contributed by atoms with Crippen LogP contribution in [0.25, 0.3) is 22.4 Å². The number of nitrogens with zero attached hydrogens (tertiary/aromatic N) is 3. The molecule has 136 valence electrons. The molecule has 27 heavy (non-hydrogen) atoms. The van der Waals surface area contributed by atoms with E-state index in [2.05, 4.69) is 10.1 Å². The largest absolute Gasteiger partial charge is 0.493 e. The maximum Gasteiger partial charge on any atom is 0.291 e. The lowest BCUT2D eigenvalue weighted by atomic mass is 10.1. The molecule has 0 aliphatic rings. The van der Waals surface area contributed by atoms with Crippen molar-refractivity contribution in [1.82, 2.24) is 14.6 Å². The first-order valence-corrected chi connectivity index (χ1v) is 9.11. The number of fused-ring (bicyclic) bond motifs is 1. The highest BCUT2D eigenvalue weighted by Gasteiger charge is 2.14. The molecule has 2 aromatic heterocycles. The van der Waals surface area contributed by atoms with Gasteiger partial charge in [-0.2, -0.15) is 9.50 Å². The molecular weight excluding hydrogens is 362 g/mol. The summed E-state index contributed by atoms with van der Waals surface area (Å²) in [5.74, 6) is 1.69. The average molecular weight is 379 g/mol. The monoisotopic (exact) mass is 379 g/mol. The van der Waals surface area contributed by atoms with Gasteiger partial charge in [-0.25, -0.2) is 0 Å². The lowest BCUT2D eigenvalue weighted by molar-refractivity contribution is 0.355. The number of aromatic nitrogens is 3. The SMILES string of the molecule is COc1ccc(-c2nc3s/c(=C\c4cccc(C)c4)c(=O)n3n2)cc1OC. The molecule has 2 heterocycles. The third-order valence-electron chi connectivity index (χ3n) is 4.16. The number of aryl methyl sites for hydroxylation is 1. The van der Waals surface area contributed by atoms with Crippen molar-refractivity contribution in [3.63, 3.8) is 0 Å². The van der Waals surface area contributed by atoms with E-state index in [4.69, 9.17) is 9.47 Å². The molecule has 0 unspecified atom stereocenters. The lowest BCUT2D eigenvalue weighted by Crippen LogP contribution is -2.23. The standard InChI is InChI=1S/C20H17N3O3S/c1-12-5-4-6-13(9-12)10-17-19(24)23-20(27-17)21-18(22-23)14-7-8-15(25-2)16(11-14)26-3/h4-11H,1-3H3/b17-10-. The van der Waals surface area contributed by atoms with Gasteiger partial charge in [-0.15, -0.1) is 5.10 Å². The molecule has 0 saturated carbocycles. The highest BCUT2D eigenvalue weighted by molar-refractivity contribution is 7.15. The predicted octanol–water partition coefficient (Wildman–Crippen LogP) is 2.69. The van der Waals surface area contributed by atoms with Gasteiger partial charge in [0.2, 0.25) is 4.96 Å². The Morgan fingerprint density at radius 1 is 1.07 bits per heavy atom. The summed E-state index contributed by atoms with van der Waals surface area (Å²) in [6.07, 6.45) is 1.87. The second kappa shape index (κ2) is 6.85. The van der Waals surface area contributed by atoms with Gasteiger partial charge in [0.15, 0.2) is 17.3 Å². The number of hydrogen-bond acceptors (Lipinski definition) is 6. The molecule has 0 amide bonds. The van der Waals surface area contributed by atoms with Crippen molar-refractivity contribution in [3.8, 4) is 22.9 Å². The zero-order valence-electron chi connectivity index (χ0n) is 15.1. The molecule has 2 aromatic carbocycles. The van der Waals surface area contributed by atoms with Gasteiger partial charge in [-0.1, -0.05) is 41.2 Å². The summed E-state index contributed by atoms with van der Waals surface area (Å²) in [6, 6.07) is 13.4. The zero-order chi connectivity index (χ0) is 19.0. The van der Waals surface area contributed by atoms with Crippen molar-refractivity contribution in [2.24, 2.45) is 0 Å². The molecule has 0 fully saturated rings. The molecule has 0 N–H and O–H groups in total. The highest BCUT2D eigenvalue weighted by Crippen LogP contribution is 2.31. The minimum atomic E-state index is -0.171. The van der Waals surface area contributed by atoms with Crippen LogP contribution in [-0.2, 0) is 0 Å². The Bertz CT molecular complexity index is 1240. The van der Waals surface area contributed by atoms with Crippen LogP contribution in [0.5, 0.6) is 11.5 Å². The molecular formula is C20H17N3O3S. The van der Waals surface area contributed by atoms with Gasteiger partial charge in [0, 0.05) is 5.56 Å². The smallest absolute Gasteiger partial charge is 0.291 e. The summed E-state index contributed by atoms with van der Waals surface area (Å²) in [6.45, 7) is 2.02. The van der Waals surface area contributed by atoms with Crippen LogP contribution in [0.1, 0.15) is 11.1 Å². The van der Waals surface area contributed by atoms with Gasteiger partial charge < -0.3 is 9.47 Å². The summed E-state index contributed by atoms with van der Waals surface area (Å²) < 4.78 is 12.5. The van der Waals surface area contributed by atoms with E-state index in [1.54, 1.807) is 26.4 Å². The van der Waals surface area contributed by atoms with E-state index < -0.39 is 0 Å². The van der Waals surface area contributed by atoms with E-state index in [1.807, 2.05) is 43.3 Å². The second-order valence-corrected chi connectivity index (χ2v) is 7.04. The molecule has 0 aliphatic carbocycles. The number of thiazole rings is 1. The fourth-order valence-corrected chi connectivity index (χ4v) is 3.75. The Morgan fingerprint density at radius 3 is 2.59 bits per heavy atom. The van der Waals surface area contributed by atoms with E-state index >= 15 is 0 Å². The molecule has 0 spiro atoms. The van der Waals surface area contributed by atoms with Gasteiger partial charge in [0.1, 0.15) is 0 Å². The lowest BCUT2D eigenvalue weighted by Gasteiger charge is -2.07. The highest BCUT2D eigenvalue weighted by atomic mass is 32.1. The maximum atomic E-state index is 12.7. The summed E-state index contributed by atoms with van der Waals surface area (Å²) in [5.41, 5.74) is 2.71. The molecule has 7 heteroatoms. The van der Waals surface area contributed by atoms with E-state index in [0.717, 1.165) is 16.7 Å². The molecule has 4 aromatic rings. The van der Waals surface area contributed by atoms with Crippen molar-refractivity contribution in [2.45, 2.75) is 6.92 Å². The number of benzene rings is 2. The first kappa shape index (κ1) is 17.2. The van der Waals surface area contributed by atoms with Gasteiger partial charge in [0.05, 0.1) is 18.8 Å². The van der Waals surface area contributed by atoms with Crippen molar-refractivity contribution in [1.29, 1.82) is 0 Å². The number of rotatable bonds is 4. The van der Waals surface area contributed by atoms with Crippen LogP contribution >= 0.6 is 11.3 Å². The van der Waals surface area contributed by atoms with E-state index in [-0.39, 0.29) is 5.56 Å². The summed E-state index contributed by atoms with van der Waals surface area (Å²) >= 11 is 1.32. The molecule has 0 bridgehead atoms. The molecule has 0 radical (unpaired) electrons. The van der Waals surface area contributed by atoms with Crippen molar-refractivity contribution < 1.29 is 9.47 Å². The van der Waals surface area contributed by atoms with Crippen LogP contribution in [0.2, 0.25) is 0 Å².